The van der Waals surface area contributed by atoms with Gasteiger partial charge in [0.25, 0.3) is 0 Å². The van der Waals surface area contributed by atoms with Crippen molar-refractivity contribution in [3.8, 4) is 0 Å². The molecule has 0 saturated heterocycles. The lowest BCUT2D eigenvalue weighted by atomic mass is 9.47. The van der Waals surface area contributed by atoms with E-state index >= 15 is 0 Å². The Morgan fingerprint density at radius 1 is 1.00 bits per heavy atom. The summed E-state index contributed by atoms with van der Waals surface area (Å²) in [5.41, 5.74) is 3.10. The smallest absolute Gasteiger partial charge is 0.00853 e. The largest absolute Gasteiger partial charge is 0.0845 e. The third-order valence-corrected chi connectivity index (χ3v) is 8.90. The van der Waals surface area contributed by atoms with Crippen LogP contribution in [0.4, 0.5) is 0 Å². The molecule has 0 spiro atoms. The number of rotatable bonds is 1. The van der Waals surface area contributed by atoms with Crippen LogP contribution in [-0.4, -0.2) is 0 Å². The first-order valence-electron chi connectivity index (χ1n) is 10.2. The molecule has 0 heterocycles. The highest BCUT2D eigenvalue weighted by atomic mass is 14.6. The van der Waals surface area contributed by atoms with E-state index < -0.39 is 0 Å². The Labute approximate surface area is 138 Å². The van der Waals surface area contributed by atoms with Gasteiger partial charge in [-0.15, -0.1) is 0 Å². The highest BCUT2D eigenvalue weighted by Crippen LogP contribution is 2.67. The van der Waals surface area contributed by atoms with Crippen LogP contribution in [0, 0.1) is 40.4 Å². The van der Waals surface area contributed by atoms with Gasteiger partial charge in [0.2, 0.25) is 0 Å². The molecule has 3 saturated carbocycles. The van der Waals surface area contributed by atoms with Gasteiger partial charge in [-0.25, -0.2) is 0 Å². The van der Waals surface area contributed by atoms with Gasteiger partial charge >= 0.3 is 0 Å². The van der Waals surface area contributed by atoms with E-state index in [0.717, 1.165) is 29.6 Å². The van der Waals surface area contributed by atoms with E-state index in [9.17, 15) is 0 Å². The Hall–Kier alpha value is -0.260. The van der Waals surface area contributed by atoms with E-state index in [1.165, 1.54) is 57.8 Å². The van der Waals surface area contributed by atoms with Gasteiger partial charge in [0.05, 0.1) is 0 Å². The predicted molar refractivity (Wildman–Crippen MR) is 94.6 cm³/mol. The standard InChI is InChI=1S/C22H36/c1-15(2)18-10-11-19-17-9-8-16-7-5-6-13-21(16,3)20(17)12-14-22(18,19)4/h8,15,17-20H,5-7,9-14H2,1-4H3. The van der Waals surface area contributed by atoms with Crippen LogP contribution in [0.2, 0.25) is 0 Å². The minimum atomic E-state index is 0.582. The van der Waals surface area contributed by atoms with Crippen molar-refractivity contribution >= 4 is 0 Å². The number of hydrogen-bond acceptors (Lipinski definition) is 0. The summed E-state index contributed by atoms with van der Waals surface area (Å²) in [6.07, 6.45) is 16.0. The first kappa shape index (κ1) is 15.3. The van der Waals surface area contributed by atoms with Crippen molar-refractivity contribution in [1.29, 1.82) is 0 Å². The Balaban J connectivity index is 1.66. The average Bonchev–Trinajstić information content (AvgIpc) is 2.84. The molecule has 6 atom stereocenters. The maximum Gasteiger partial charge on any atom is -0.00853 e. The minimum absolute atomic E-state index is 0.582. The molecule has 0 aromatic carbocycles. The molecular weight excluding hydrogens is 264 g/mol. The SMILES string of the molecule is CC(C)C1CCC2C3CC=C4CCCCC4(C)C3CCC12C. The van der Waals surface area contributed by atoms with Crippen LogP contribution >= 0.6 is 0 Å². The van der Waals surface area contributed by atoms with E-state index in [4.69, 9.17) is 0 Å². The van der Waals surface area contributed by atoms with Crippen LogP contribution < -0.4 is 0 Å². The van der Waals surface area contributed by atoms with Crippen LogP contribution in [0.5, 0.6) is 0 Å². The molecule has 124 valence electrons. The molecule has 4 aliphatic carbocycles. The van der Waals surface area contributed by atoms with Gasteiger partial charge in [0.15, 0.2) is 0 Å². The Morgan fingerprint density at radius 2 is 1.82 bits per heavy atom. The molecule has 0 N–H and O–H groups in total. The molecule has 0 aliphatic heterocycles. The van der Waals surface area contributed by atoms with Gasteiger partial charge in [0, 0.05) is 0 Å². The molecule has 0 amide bonds. The van der Waals surface area contributed by atoms with Gasteiger partial charge in [0.1, 0.15) is 0 Å². The monoisotopic (exact) mass is 300 g/mol. The molecule has 4 aliphatic rings. The normalized spacial score (nSPS) is 51.0. The summed E-state index contributed by atoms with van der Waals surface area (Å²) < 4.78 is 0. The Kier molecular flexibility index (Phi) is 3.55. The second-order valence-corrected chi connectivity index (χ2v) is 9.94. The number of allylic oxidation sites excluding steroid dienone is 2. The van der Waals surface area contributed by atoms with Gasteiger partial charge in [-0.2, -0.15) is 0 Å². The van der Waals surface area contributed by atoms with Crippen LogP contribution in [0.3, 0.4) is 0 Å². The summed E-state index contributed by atoms with van der Waals surface area (Å²) in [4.78, 5) is 0. The zero-order chi connectivity index (χ0) is 15.5. The van der Waals surface area contributed by atoms with Gasteiger partial charge in [-0.3, -0.25) is 0 Å². The van der Waals surface area contributed by atoms with Gasteiger partial charge in [-0.1, -0.05) is 45.8 Å². The summed E-state index contributed by atoms with van der Waals surface area (Å²) in [5, 5.41) is 0. The quantitative estimate of drug-likeness (QED) is 0.478. The molecule has 4 rings (SSSR count). The summed E-state index contributed by atoms with van der Waals surface area (Å²) in [7, 11) is 0. The van der Waals surface area contributed by atoms with Crippen molar-refractivity contribution in [1.82, 2.24) is 0 Å². The zero-order valence-corrected chi connectivity index (χ0v) is 15.3. The number of fused-ring (bicyclic) bond motifs is 5. The Morgan fingerprint density at radius 3 is 2.59 bits per heavy atom. The fourth-order valence-corrected chi connectivity index (χ4v) is 7.83. The molecule has 3 fully saturated rings. The molecule has 0 radical (unpaired) electrons. The van der Waals surface area contributed by atoms with Crippen LogP contribution in [-0.2, 0) is 0 Å². The van der Waals surface area contributed by atoms with Crippen molar-refractivity contribution in [2.75, 3.05) is 0 Å². The van der Waals surface area contributed by atoms with Crippen molar-refractivity contribution in [2.45, 2.75) is 85.5 Å². The fraction of sp³-hybridized carbons (Fsp3) is 0.909. The Bertz CT molecular complexity index is 472. The highest BCUT2D eigenvalue weighted by Gasteiger charge is 2.58. The molecular formula is C22H36. The average molecular weight is 301 g/mol. The third kappa shape index (κ3) is 1.94. The van der Waals surface area contributed by atoms with Crippen LogP contribution in [0.25, 0.3) is 0 Å². The zero-order valence-electron chi connectivity index (χ0n) is 15.3. The van der Waals surface area contributed by atoms with E-state index in [1.54, 1.807) is 0 Å². The summed E-state index contributed by atoms with van der Waals surface area (Å²) in [6.45, 7) is 10.3. The van der Waals surface area contributed by atoms with E-state index in [-0.39, 0.29) is 0 Å². The lowest BCUT2D eigenvalue weighted by Crippen LogP contribution is -2.49. The van der Waals surface area contributed by atoms with Crippen molar-refractivity contribution in [2.24, 2.45) is 40.4 Å². The van der Waals surface area contributed by atoms with E-state index in [0.29, 0.717) is 10.8 Å². The maximum absolute atomic E-state index is 2.72. The van der Waals surface area contributed by atoms with Crippen molar-refractivity contribution in [3.05, 3.63) is 11.6 Å². The lowest BCUT2D eigenvalue weighted by molar-refractivity contribution is -0.0480. The van der Waals surface area contributed by atoms with Crippen molar-refractivity contribution in [3.63, 3.8) is 0 Å². The molecule has 0 nitrogen and oxygen atoms in total. The topological polar surface area (TPSA) is 0 Å². The lowest BCUT2D eigenvalue weighted by Gasteiger charge is -2.58. The number of hydrogen-bond donors (Lipinski definition) is 0. The molecule has 0 aromatic rings. The molecule has 22 heavy (non-hydrogen) atoms. The van der Waals surface area contributed by atoms with Gasteiger partial charge < -0.3 is 0 Å². The summed E-state index contributed by atoms with van der Waals surface area (Å²) in [5.74, 6) is 4.91. The van der Waals surface area contributed by atoms with Gasteiger partial charge in [-0.05, 0) is 91.8 Å². The molecule has 0 aromatic heterocycles. The fourth-order valence-electron chi connectivity index (χ4n) is 7.83. The maximum atomic E-state index is 2.72. The third-order valence-electron chi connectivity index (χ3n) is 8.90. The van der Waals surface area contributed by atoms with Crippen LogP contribution in [0.1, 0.15) is 85.5 Å². The first-order valence-corrected chi connectivity index (χ1v) is 10.2. The summed E-state index contributed by atoms with van der Waals surface area (Å²) in [6, 6.07) is 0. The first-order chi connectivity index (χ1) is 10.5. The second-order valence-electron chi connectivity index (χ2n) is 9.94. The van der Waals surface area contributed by atoms with Crippen molar-refractivity contribution < 1.29 is 0 Å². The molecule has 6 unspecified atom stereocenters. The minimum Gasteiger partial charge on any atom is -0.0845 e. The summed E-state index contributed by atoms with van der Waals surface area (Å²) >= 11 is 0. The molecule has 0 heteroatoms. The predicted octanol–water partition coefficient (Wildman–Crippen LogP) is 6.61. The second kappa shape index (κ2) is 5.12. The van der Waals surface area contributed by atoms with E-state index in [2.05, 4.69) is 33.8 Å². The molecule has 0 bridgehead atoms. The highest BCUT2D eigenvalue weighted by molar-refractivity contribution is 5.24. The van der Waals surface area contributed by atoms with E-state index in [1.807, 2.05) is 5.57 Å². The van der Waals surface area contributed by atoms with Crippen LogP contribution in [0.15, 0.2) is 11.6 Å².